The molecule has 1 aromatic carbocycles. The lowest BCUT2D eigenvalue weighted by atomic mass is 9.68. The van der Waals surface area contributed by atoms with Gasteiger partial charge in [-0.25, -0.2) is 4.79 Å². The fraction of sp³-hybridized carbons (Fsp3) is 0.520. The highest BCUT2D eigenvalue weighted by Crippen LogP contribution is 2.68. The number of carboxylic acids is 1. The van der Waals surface area contributed by atoms with Crippen molar-refractivity contribution in [2.45, 2.75) is 48.9 Å². The zero-order valence-electron chi connectivity index (χ0n) is 20.0. The second kappa shape index (κ2) is 8.52. The molecule has 0 radical (unpaired) electrons. The minimum absolute atomic E-state index is 0.0111. The summed E-state index contributed by atoms with van der Waals surface area (Å²) in [6, 6.07) is 5.22. The van der Waals surface area contributed by atoms with Crippen molar-refractivity contribution in [3.05, 3.63) is 54.5 Å². The molecule has 12 heteroatoms. The van der Waals surface area contributed by atoms with Crippen molar-refractivity contribution in [1.29, 1.82) is 0 Å². The van der Waals surface area contributed by atoms with Gasteiger partial charge in [-0.3, -0.25) is 29.4 Å². The molecular weight excluding hydrogens is 518 g/mol. The molecule has 2 aliphatic heterocycles. The van der Waals surface area contributed by atoms with Gasteiger partial charge in [-0.1, -0.05) is 37.3 Å². The Kier molecular flexibility index (Phi) is 5.61. The highest BCUT2D eigenvalue weighted by atomic mass is 32.2. The number of nitrogens with zero attached hydrogens (tertiary/aromatic N) is 2. The van der Waals surface area contributed by atoms with Crippen molar-refractivity contribution in [1.82, 2.24) is 9.88 Å². The maximum Gasteiger partial charge on any atom is 0.326 e. The number of carbonyl (C=O) groups excluding carboxylic acids is 2. The maximum absolute atomic E-state index is 13.7. The van der Waals surface area contributed by atoms with E-state index >= 15 is 0 Å². The molecule has 2 aliphatic carbocycles. The smallest absolute Gasteiger partial charge is 0.326 e. The van der Waals surface area contributed by atoms with Gasteiger partial charge < -0.3 is 10.1 Å². The molecule has 2 aromatic rings. The van der Waals surface area contributed by atoms with Gasteiger partial charge in [0.2, 0.25) is 11.8 Å². The zero-order chi connectivity index (χ0) is 26.3. The van der Waals surface area contributed by atoms with Crippen LogP contribution in [0.3, 0.4) is 0 Å². The summed E-state index contributed by atoms with van der Waals surface area (Å²) in [5.41, 5.74) is 0.663. The Morgan fingerprint density at radius 1 is 1.22 bits per heavy atom. The van der Waals surface area contributed by atoms with Gasteiger partial charge >= 0.3 is 10.8 Å². The predicted octanol–water partition coefficient (Wildman–Crippen LogP) is 3.32. The number of rotatable bonds is 6. The molecule has 3 heterocycles. The zero-order valence-corrected chi connectivity index (χ0v) is 21.7. The molecule has 2 amide bonds. The molecule has 2 N–H and O–H groups in total. The van der Waals surface area contributed by atoms with E-state index in [-0.39, 0.29) is 51.8 Å². The Labute approximate surface area is 219 Å². The lowest BCUT2D eigenvalue weighted by Gasteiger charge is -2.43. The molecule has 6 rings (SSSR count). The average Bonchev–Trinajstić information content (AvgIpc) is 3.56. The summed E-state index contributed by atoms with van der Waals surface area (Å²) < 4.78 is 0. The number of non-ortho nitro benzene ring substituents is 1. The predicted molar refractivity (Wildman–Crippen MR) is 134 cm³/mol. The number of nitro benzene ring substituents is 1. The first-order chi connectivity index (χ1) is 17.6. The molecule has 194 valence electrons. The molecule has 2 saturated carbocycles. The second-order valence-corrected chi connectivity index (χ2v) is 13.0. The number of H-pyrrole nitrogens is 1. The summed E-state index contributed by atoms with van der Waals surface area (Å²) in [7, 11) is 0. The highest BCUT2D eigenvalue weighted by Gasteiger charge is 2.70. The molecule has 1 aromatic heterocycles. The number of likely N-dealkylation sites (tertiary alicyclic amines) is 1. The molecule has 2 bridgehead atoms. The Hall–Kier alpha value is -2.99. The van der Waals surface area contributed by atoms with Crippen LogP contribution in [0.2, 0.25) is 0 Å². The molecule has 0 spiro atoms. The topological polar surface area (TPSA) is 151 Å². The van der Waals surface area contributed by atoms with E-state index in [0.29, 0.717) is 17.0 Å². The monoisotopic (exact) mass is 543 g/mol. The first-order valence-corrected chi connectivity index (χ1v) is 14.0. The number of thiazole rings is 1. The standard InChI is InChI=1S/C25H25N3O7S2/c1-9(2)6-14(24(31)32)27-22(29)17-12-8-13(18(17)23(27)30)19-16(12)15(20-21(36-19)26-25(33)37-20)10-4-3-5-11(7-10)28(34)35/h3-5,7,9,12-19H,6,8H2,1-2H3,(H,26,33)(H,31,32)/t12-,13-,14-,15+,16-,17+,18-,19+/m1/s1. The van der Waals surface area contributed by atoms with E-state index in [9.17, 15) is 34.4 Å². The lowest BCUT2D eigenvalue weighted by Crippen LogP contribution is -2.47. The van der Waals surface area contributed by atoms with Crippen LogP contribution in [0.15, 0.2) is 34.1 Å². The first kappa shape index (κ1) is 24.4. The van der Waals surface area contributed by atoms with E-state index in [1.54, 1.807) is 6.07 Å². The number of carboxylic acid groups (broad SMARTS) is 1. The molecule has 1 saturated heterocycles. The van der Waals surface area contributed by atoms with Crippen molar-refractivity contribution in [2.24, 2.45) is 35.5 Å². The van der Waals surface area contributed by atoms with Gasteiger partial charge in [0.1, 0.15) is 6.04 Å². The number of benzene rings is 1. The molecule has 4 aliphatic rings. The number of nitrogens with one attached hydrogen (secondary N) is 1. The van der Waals surface area contributed by atoms with Crippen molar-refractivity contribution in [2.75, 3.05) is 0 Å². The van der Waals surface area contributed by atoms with Crippen LogP contribution >= 0.6 is 23.1 Å². The molecular formula is C25H25N3O7S2. The Morgan fingerprint density at radius 2 is 1.92 bits per heavy atom. The lowest BCUT2D eigenvalue weighted by molar-refractivity contribution is -0.384. The minimum atomic E-state index is -1.19. The van der Waals surface area contributed by atoms with Crippen LogP contribution in [0.4, 0.5) is 5.69 Å². The van der Waals surface area contributed by atoms with Gasteiger partial charge in [-0.05, 0) is 42.1 Å². The fourth-order valence-electron chi connectivity index (χ4n) is 7.32. The van der Waals surface area contributed by atoms with Crippen LogP contribution in [0.1, 0.15) is 43.0 Å². The third-order valence-electron chi connectivity index (χ3n) is 8.49. The number of nitro groups is 1. The van der Waals surface area contributed by atoms with Crippen LogP contribution in [0.25, 0.3) is 0 Å². The van der Waals surface area contributed by atoms with Crippen molar-refractivity contribution in [3.8, 4) is 0 Å². The van der Waals surface area contributed by atoms with E-state index in [1.807, 2.05) is 19.9 Å². The quantitative estimate of drug-likeness (QED) is 0.320. The van der Waals surface area contributed by atoms with E-state index in [2.05, 4.69) is 4.98 Å². The minimum Gasteiger partial charge on any atom is -0.480 e. The molecule has 8 atom stereocenters. The average molecular weight is 544 g/mol. The summed E-state index contributed by atoms with van der Waals surface area (Å²) in [5.74, 6) is -3.94. The third-order valence-corrected chi connectivity index (χ3v) is 11.1. The maximum atomic E-state index is 13.7. The molecule has 10 nitrogen and oxygen atoms in total. The summed E-state index contributed by atoms with van der Waals surface area (Å²) in [6.07, 6.45) is 0.855. The van der Waals surface area contributed by atoms with Crippen LogP contribution in [0.5, 0.6) is 0 Å². The highest BCUT2D eigenvalue weighted by molar-refractivity contribution is 8.00. The first-order valence-electron chi connectivity index (χ1n) is 12.3. The van der Waals surface area contributed by atoms with E-state index in [1.165, 1.54) is 23.9 Å². The van der Waals surface area contributed by atoms with Crippen molar-refractivity contribution < 1.29 is 24.4 Å². The normalized spacial score (nSPS) is 32.4. The van der Waals surface area contributed by atoms with Crippen LogP contribution < -0.4 is 4.87 Å². The number of aliphatic carboxylic acids is 1. The summed E-state index contributed by atoms with van der Waals surface area (Å²) in [5, 5.41) is 22.0. The summed E-state index contributed by atoms with van der Waals surface area (Å²) in [4.78, 5) is 67.3. The van der Waals surface area contributed by atoms with Crippen LogP contribution in [-0.2, 0) is 14.4 Å². The number of aromatic amines is 1. The van der Waals surface area contributed by atoms with Gasteiger partial charge in [-0.15, -0.1) is 11.8 Å². The van der Waals surface area contributed by atoms with Gasteiger partial charge in [0.25, 0.3) is 5.69 Å². The SMILES string of the molecule is CC(C)C[C@H](C(=O)O)N1C(=O)[C@@H]2[C@H]3C[C@@H]([C@@H]2C1=O)[C@@H]1[C@H](c2cccc([N+](=O)[O-])c2)c2sc(=O)[nH]c2S[C@@H]31. The number of hydrogen-bond acceptors (Lipinski definition) is 8. The number of hydrogen-bond donors (Lipinski definition) is 2. The number of fused-ring (bicyclic) bond motifs is 9. The number of carbonyl (C=O) groups is 3. The largest absolute Gasteiger partial charge is 0.480 e. The Morgan fingerprint density at radius 3 is 2.57 bits per heavy atom. The molecule has 3 fully saturated rings. The number of imide groups is 1. The van der Waals surface area contributed by atoms with Gasteiger partial charge in [0, 0.05) is 28.2 Å². The van der Waals surface area contributed by atoms with E-state index in [4.69, 9.17) is 0 Å². The van der Waals surface area contributed by atoms with E-state index < -0.39 is 40.6 Å². The van der Waals surface area contributed by atoms with Crippen LogP contribution in [-0.4, -0.2) is 49.0 Å². The number of thioether (sulfide) groups is 1. The summed E-state index contributed by atoms with van der Waals surface area (Å²) >= 11 is 2.61. The third kappa shape index (κ3) is 3.52. The second-order valence-electron chi connectivity index (χ2n) is 10.8. The Bertz CT molecular complexity index is 1400. The number of amides is 2. The van der Waals surface area contributed by atoms with Crippen LogP contribution in [0, 0.1) is 45.6 Å². The van der Waals surface area contributed by atoms with Crippen molar-refractivity contribution >= 4 is 46.6 Å². The summed E-state index contributed by atoms with van der Waals surface area (Å²) in [6.45, 7) is 3.72. The van der Waals surface area contributed by atoms with Gasteiger partial charge in [0.15, 0.2) is 0 Å². The van der Waals surface area contributed by atoms with Gasteiger partial charge in [-0.2, -0.15) is 0 Å². The molecule has 0 unspecified atom stereocenters. The molecule has 37 heavy (non-hydrogen) atoms. The fourth-order valence-corrected chi connectivity index (χ4v) is 10.2. The van der Waals surface area contributed by atoms with Gasteiger partial charge in [0.05, 0.1) is 21.8 Å². The van der Waals surface area contributed by atoms with Crippen molar-refractivity contribution in [3.63, 3.8) is 0 Å². The Balaban J connectivity index is 1.43. The number of aromatic nitrogens is 1. The van der Waals surface area contributed by atoms with E-state index in [0.717, 1.165) is 21.1 Å².